The Morgan fingerprint density at radius 3 is 2.58 bits per heavy atom. The SMILES string of the molecule is CCOc1ccc(SCC(=O)NCCC(C)C)cc1. The van der Waals surface area contributed by atoms with Crippen LogP contribution in [0.2, 0.25) is 0 Å². The number of rotatable bonds is 8. The molecule has 0 atom stereocenters. The lowest BCUT2D eigenvalue weighted by atomic mass is 10.1. The molecule has 0 aliphatic heterocycles. The van der Waals surface area contributed by atoms with Crippen LogP contribution in [0.5, 0.6) is 5.75 Å². The zero-order chi connectivity index (χ0) is 14.1. The van der Waals surface area contributed by atoms with Gasteiger partial charge >= 0.3 is 0 Å². The Kier molecular flexibility index (Phi) is 7.41. The summed E-state index contributed by atoms with van der Waals surface area (Å²) < 4.78 is 5.37. The summed E-state index contributed by atoms with van der Waals surface area (Å²) in [6.45, 7) is 7.71. The van der Waals surface area contributed by atoms with Crippen molar-refractivity contribution in [2.24, 2.45) is 5.92 Å². The van der Waals surface area contributed by atoms with E-state index in [1.807, 2.05) is 31.2 Å². The summed E-state index contributed by atoms with van der Waals surface area (Å²) in [6.07, 6.45) is 1.03. The van der Waals surface area contributed by atoms with Crippen molar-refractivity contribution in [2.45, 2.75) is 32.1 Å². The molecule has 0 saturated carbocycles. The zero-order valence-electron chi connectivity index (χ0n) is 11.9. The molecule has 0 spiro atoms. The molecule has 0 unspecified atom stereocenters. The summed E-state index contributed by atoms with van der Waals surface area (Å²) in [4.78, 5) is 12.7. The highest BCUT2D eigenvalue weighted by atomic mass is 32.2. The Morgan fingerprint density at radius 1 is 1.32 bits per heavy atom. The van der Waals surface area contributed by atoms with Crippen LogP contribution in [0.25, 0.3) is 0 Å². The highest BCUT2D eigenvalue weighted by Crippen LogP contribution is 2.21. The molecule has 0 aliphatic carbocycles. The van der Waals surface area contributed by atoms with Crippen LogP contribution in [0.3, 0.4) is 0 Å². The van der Waals surface area contributed by atoms with E-state index in [0.717, 1.165) is 23.6 Å². The van der Waals surface area contributed by atoms with Gasteiger partial charge in [-0.15, -0.1) is 11.8 Å². The van der Waals surface area contributed by atoms with E-state index in [4.69, 9.17) is 4.74 Å². The van der Waals surface area contributed by atoms with Crippen LogP contribution in [-0.2, 0) is 4.79 Å². The fourth-order valence-corrected chi connectivity index (χ4v) is 2.23. The van der Waals surface area contributed by atoms with Gasteiger partial charge in [0.2, 0.25) is 5.91 Å². The maximum atomic E-state index is 11.6. The number of amides is 1. The maximum Gasteiger partial charge on any atom is 0.230 e. The Balaban J connectivity index is 2.25. The molecule has 0 saturated heterocycles. The van der Waals surface area contributed by atoms with Crippen LogP contribution in [0.1, 0.15) is 27.2 Å². The van der Waals surface area contributed by atoms with Crippen molar-refractivity contribution >= 4 is 17.7 Å². The minimum Gasteiger partial charge on any atom is -0.494 e. The third kappa shape index (κ3) is 7.11. The second-order valence-corrected chi connectivity index (χ2v) is 5.77. The molecule has 0 fully saturated rings. The normalized spacial score (nSPS) is 10.5. The molecular weight excluding hydrogens is 258 g/mol. The van der Waals surface area contributed by atoms with Crippen LogP contribution in [0.15, 0.2) is 29.2 Å². The molecule has 3 nitrogen and oxygen atoms in total. The summed E-state index contributed by atoms with van der Waals surface area (Å²) >= 11 is 1.55. The lowest BCUT2D eigenvalue weighted by molar-refractivity contribution is -0.118. The molecule has 4 heteroatoms. The van der Waals surface area contributed by atoms with Crippen LogP contribution < -0.4 is 10.1 Å². The van der Waals surface area contributed by atoms with Gasteiger partial charge in [0.05, 0.1) is 12.4 Å². The molecule has 0 heterocycles. The van der Waals surface area contributed by atoms with Crippen LogP contribution in [0, 0.1) is 5.92 Å². The van der Waals surface area contributed by atoms with E-state index in [0.29, 0.717) is 18.3 Å². The first kappa shape index (κ1) is 15.9. The highest BCUT2D eigenvalue weighted by Gasteiger charge is 2.03. The number of benzene rings is 1. The second-order valence-electron chi connectivity index (χ2n) is 4.73. The van der Waals surface area contributed by atoms with Crippen LogP contribution in [-0.4, -0.2) is 24.8 Å². The van der Waals surface area contributed by atoms with Gasteiger partial charge < -0.3 is 10.1 Å². The lowest BCUT2D eigenvalue weighted by Gasteiger charge is -2.07. The quantitative estimate of drug-likeness (QED) is 0.743. The maximum absolute atomic E-state index is 11.6. The van der Waals surface area contributed by atoms with Gasteiger partial charge in [-0.3, -0.25) is 4.79 Å². The van der Waals surface area contributed by atoms with Gasteiger partial charge in [-0.1, -0.05) is 13.8 Å². The van der Waals surface area contributed by atoms with Crippen molar-refractivity contribution in [1.29, 1.82) is 0 Å². The van der Waals surface area contributed by atoms with Crippen LogP contribution >= 0.6 is 11.8 Å². The van der Waals surface area contributed by atoms with Crippen LogP contribution in [0.4, 0.5) is 0 Å². The molecule has 1 amide bonds. The van der Waals surface area contributed by atoms with Gasteiger partial charge in [0.15, 0.2) is 0 Å². The summed E-state index contributed by atoms with van der Waals surface area (Å²) in [5.41, 5.74) is 0. The highest BCUT2D eigenvalue weighted by molar-refractivity contribution is 8.00. The average Bonchev–Trinajstić information content (AvgIpc) is 2.38. The Labute approximate surface area is 120 Å². The molecule has 0 bridgehead atoms. The number of hydrogen-bond donors (Lipinski definition) is 1. The van der Waals surface area contributed by atoms with E-state index >= 15 is 0 Å². The summed E-state index contributed by atoms with van der Waals surface area (Å²) in [5.74, 6) is 2.05. The molecule has 0 radical (unpaired) electrons. The molecule has 1 aromatic rings. The lowest BCUT2D eigenvalue weighted by Crippen LogP contribution is -2.26. The summed E-state index contributed by atoms with van der Waals surface area (Å²) in [5, 5.41) is 2.93. The number of hydrogen-bond acceptors (Lipinski definition) is 3. The number of carbonyl (C=O) groups is 1. The molecule has 106 valence electrons. The smallest absolute Gasteiger partial charge is 0.230 e. The van der Waals surface area contributed by atoms with Crippen molar-refractivity contribution in [3.05, 3.63) is 24.3 Å². The fraction of sp³-hybridized carbons (Fsp3) is 0.533. The standard InChI is InChI=1S/C15H23NO2S/c1-4-18-13-5-7-14(8-6-13)19-11-15(17)16-10-9-12(2)3/h5-8,12H,4,9-11H2,1-3H3,(H,16,17). The van der Waals surface area contributed by atoms with E-state index < -0.39 is 0 Å². The van der Waals surface area contributed by atoms with Gasteiger partial charge in [-0.25, -0.2) is 0 Å². The third-order valence-electron chi connectivity index (χ3n) is 2.55. The third-order valence-corrected chi connectivity index (χ3v) is 3.56. The van der Waals surface area contributed by atoms with E-state index in [9.17, 15) is 4.79 Å². The van der Waals surface area contributed by atoms with E-state index in [1.165, 1.54) is 0 Å². The summed E-state index contributed by atoms with van der Waals surface area (Å²) in [7, 11) is 0. The number of ether oxygens (including phenoxy) is 1. The van der Waals surface area contributed by atoms with E-state index in [2.05, 4.69) is 19.2 Å². The Morgan fingerprint density at radius 2 is 2.00 bits per heavy atom. The van der Waals surface area contributed by atoms with E-state index in [-0.39, 0.29) is 5.91 Å². The van der Waals surface area contributed by atoms with Crippen molar-refractivity contribution in [1.82, 2.24) is 5.32 Å². The van der Waals surface area contributed by atoms with Gasteiger partial charge in [-0.05, 0) is 43.5 Å². The van der Waals surface area contributed by atoms with Crippen molar-refractivity contribution < 1.29 is 9.53 Å². The molecule has 19 heavy (non-hydrogen) atoms. The minimum absolute atomic E-state index is 0.0968. The van der Waals surface area contributed by atoms with Gasteiger partial charge in [0, 0.05) is 11.4 Å². The monoisotopic (exact) mass is 281 g/mol. The zero-order valence-corrected chi connectivity index (χ0v) is 12.8. The Hall–Kier alpha value is -1.16. The average molecular weight is 281 g/mol. The minimum atomic E-state index is 0.0968. The first-order valence-corrected chi connectivity index (χ1v) is 7.72. The van der Waals surface area contributed by atoms with Gasteiger partial charge in [-0.2, -0.15) is 0 Å². The predicted octanol–water partition coefficient (Wildman–Crippen LogP) is 3.34. The molecule has 1 N–H and O–H groups in total. The van der Waals surface area contributed by atoms with E-state index in [1.54, 1.807) is 11.8 Å². The molecule has 1 rings (SSSR count). The number of nitrogens with one attached hydrogen (secondary N) is 1. The molecule has 1 aromatic carbocycles. The van der Waals surface area contributed by atoms with Crippen molar-refractivity contribution in [3.63, 3.8) is 0 Å². The topological polar surface area (TPSA) is 38.3 Å². The van der Waals surface area contributed by atoms with Gasteiger partial charge in [0.25, 0.3) is 0 Å². The summed E-state index contributed by atoms with van der Waals surface area (Å²) in [6, 6.07) is 7.83. The largest absolute Gasteiger partial charge is 0.494 e. The van der Waals surface area contributed by atoms with Crippen molar-refractivity contribution in [3.8, 4) is 5.75 Å². The number of thioether (sulfide) groups is 1. The van der Waals surface area contributed by atoms with Crippen molar-refractivity contribution in [2.75, 3.05) is 18.9 Å². The second kappa shape index (κ2) is 8.86. The fourth-order valence-electron chi connectivity index (χ4n) is 1.50. The molecule has 0 aromatic heterocycles. The predicted molar refractivity (Wildman–Crippen MR) is 80.8 cm³/mol. The Bertz CT molecular complexity index is 376. The first-order valence-electron chi connectivity index (χ1n) is 6.74. The number of carbonyl (C=O) groups excluding carboxylic acids is 1. The van der Waals surface area contributed by atoms with Gasteiger partial charge in [0.1, 0.15) is 5.75 Å². The molecule has 0 aliphatic rings. The molecular formula is C15H23NO2S. The first-order chi connectivity index (χ1) is 9.11.